The molecule has 0 fully saturated rings. The zero-order chi connectivity index (χ0) is 15.2. The third-order valence-electron chi connectivity index (χ3n) is 2.44. The van der Waals surface area contributed by atoms with E-state index < -0.39 is 17.3 Å². The number of amides is 1. The van der Waals surface area contributed by atoms with Crippen molar-refractivity contribution in [2.45, 2.75) is 0 Å². The smallest absolute Gasteiger partial charge is 0.275 e. The summed E-state index contributed by atoms with van der Waals surface area (Å²) in [6.45, 7) is -0.384. The number of rotatable bonds is 2. The van der Waals surface area contributed by atoms with E-state index in [1.165, 1.54) is 18.3 Å². The van der Waals surface area contributed by atoms with Gasteiger partial charge in [-0.3, -0.25) is 9.59 Å². The van der Waals surface area contributed by atoms with Crippen molar-refractivity contribution >= 4 is 11.6 Å². The van der Waals surface area contributed by atoms with Crippen LogP contribution >= 0.6 is 0 Å². The van der Waals surface area contributed by atoms with Crippen LogP contribution in [0, 0.1) is 17.7 Å². The molecule has 0 atom stereocenters. The highest BCUT2D eigenvalue weighted by atomic mass is 19.1. The van der Waals surface area contributed by atoms with Crippen molar-refractivity contribution in [1.82, 2.24) is 9.97 Å². The highest BCUT2D eigenvalue weighted by Gasteiger charge is 2.10. The summed E-state index contributed by atoms with van der Waals surface area (Å²) in [5.41, 5.74) is 0.0694. The number of hydrogen-bond donors (Lipinski definition) is 3. The van der Waals surface area contributed by atoms with Crippen molar-refractivity contribution in [3.8, 4) is 11.8 Å². The number of carbonyl (C=O) groups excluding carboxylic acids is 1. The van der Waals surface area contributed by atoms with Gasteiger partial charge < -0.3 is 15.4 Å². The third-order valence-corrected chi connectivity index (χ3v) is 2.44. The van der Waals surface area contributed by atoms with Crippen LogP contribution in [0.4, 0.5) is 10.1 Å². The number of carbonyl (C=O) groups is 1. The highest BCUT2D eigenvalue weighted by Crippen LogP contribution is 2.16. The van der Waals surface area contributed by atoms with Crippen LogP contribution in [0.2, 0.25) is 0 Å². The molecule has 0 aliphatic carbocycles. The molecule has 21 heavy (non-hydrogen) atoms. The number of aromatic nitrogens is 2. The maximum absolute atomic E-state index is 13.2. The number of anilines is 1. The van der Waals surface area contributed by atoms with Gasteiger partial charge in [-0.15, -0.1) is 0 Å². The molecule has 106 valence electrons. The second-order valence-corrected chi connectivity index (χ2v) is 3.90. The van der Waals surface area contributed by atoms with Crippen LogP contribution in [0.15, 0.2) is 35.4 Å². The van der Waals surface area contributed by atoms with E-state index in [2.05, 4.69) is 27.1 Å². The monoisotopic (exact) mass is 287 g/mol. The average Bonchev–Trinajstić information content (AvgIpc) is 2.48. The van der Waals surface area contributed by atoms with Gasteiger partial charge in [0, 0.05) is 6.20 Å². The van der Waals surface area contributed by atoms with Crippen molar-refractivity contribution in [2.75, 3.05) is 11.9 Å². The first-order chi connectivity index (χ1) is 10.1. The molecule has 7 heteroatoms. The maximum atomic E-state index is 13.2. The van der Waals surface area contributed by atoms with Crippen molar-refractivity contribution in [3.63, 3.8) is 0 Å². The fraction of sp³-hybridized carbons (Fsp3) is 0.0714. The molecule has 0 unspecified atom stereocenters. The fourth-order valence-corrected chi connectivity index (χ4v) is 1.52. The van der Waals surface area contributed by atoms with Gasteiger partial charge >= 0.3 is 0 Å². The minimum Gasteiger partial charge on any atom is -0.384 e. The van der Waals surface area contributed by atoms with Gasteiger partial charge in [-0.25, -0.2) is 9.37 Å². The molecule has 0 aliphatic rings. The molecule has 1 heterocycles. The van der Waals surface area contributed by atoms with Crippen molar-refractivity contribution < 1.29 is 14.3 Å². The van der Waals surface area contributed by atoms with Crippen LogP contribution < -0.4 is 10.9 Å². The summed E-state index contributed by atoms with van der Waals surface area (Å²) < 4.78 is 13.2. The minimum atomic E-state index is -0.579. The highest BCUT2D eigenvalue weighted by molar-refractivity contribution is 6.03. The molecular weight excluding hydrogens is 277 g/mol. The summed E-state index contributed by atoms with van der Waals surface area (Å²) in [5, 5.41) is 11.2. The second kappa shape index (κ2) is 6.45. The third kappa shape index (κ3) is 3.75. The number of aromatic amines is 1. The Morgan fingerprint density at radius 3 is 2.95 bits per heavy atom. The summed E-state index contributed by atoms with van der Waals surface area (Å²) in [5.74, 6) is 3.82. The van der Waals surface area contributed by atoms with Crippen LogP contribution in [-0.2, 0) is 0 Å². The molecule has 1 aromatic heterocycles. The lowest BCUT2D eigenvalue weighted by atomic mass is 10.1. The Morgan fingerprint density at radius 1 is 1.48 bits per heavy atom. The molecule has 0 saturated carbocycles. The first kappa shape index (κ1) is 14.4. The van der Waals surface area contributed by atoms with E-state index >= 15 is 0 Å². The molecule has 0 radical (unpaired) electrons. The van der Waals surface area contributed by atoms with Crippen LogP contribution in [0.3, 0.4) is 0 Å². The van der Waals surface area contributed by atoms with Gasteiger partial charge in [0.25, 0.3) is 11.5 Å². The van der Waals surface area contributed by atoms with Gasteiger partial charge in [0.1, 0.15) is 18.1 Å². The van der Waals surface area contributed by atoms with E-state index in [-0.39, 0.29) is 23.6 Å². The Morgan fingerprint density at radius 2 is 2.29 bits per heavy atom. The van der Waals surface area contributed by atoms with E-state index in [1.807, 2.05) is 0 Å². The number of benzene rings is 1. The van der Waals surface area contributed by atoms with Crippen molar-refractivity contribution in [1.29, 1.82) is 0 Å². The molecule has 6 nitrogen and oxygen atoms in total. The van der Waals surface area contributed by atoms with E-state index in [1.54, 1.807) is 0 Å². The number of hydrogen-bond acceptors (Lipinski definition) is 4. The number of aliphatic hydroxyl groups is 1. The first-order valence-electron chi connectivity index (χ1n) is 5.85. The first-order valence-corrected chi connectivity index (χ1v) is 5.85. The topological polar surface area (TPSA) is 95.1 Å². The summed E-state index contributed by atoms with van der Waals surface area (Å²) in [6, 6.07) is 3.65. The normalized spacial score (nSPS) is 9.62. The van der Waals surface area contributed by atoms with E-state index in [0.717, 1.165) is 12.3 Å². The lowest BCUT2D eigenvalue weighted by molar-refractivity contribution is 0.102. The SMILES string of the molecule is O=C(Nc1ccc(F)cc1C#CCO)c1c[nH]c(=O)cn1. The summed E-state index contributed by atoms with van der Waals surface area (Å²) in [7, 11) is 0. The number of nitrogens with zero attached hydrogens (tertiary/aromatic N) is 1. The molecule has 2 aromatic rings. The van der Waals surface area contributed by atoms with Gasteiger partial charge in [0.05, 0.1) is 17.4 Å². The molecule has 1 amide bonds. The molecule has 2 rings (SSSR count). The lowest BCUT2D eigenvalue weighted by Gasteiger charge is -2.07. The number of aliphatic hydroxyl groups excluding tert-OH is 1. The van der Waals surface area contributed by atoms with E-state index in [9.17, 15) is 14.0 Å². The molecule has 0 spiro atoms. The lowest BCUT2D eigenvalue weighted by Crippen LogP contribution is -2.17. The quantitative estimate of drug-likeness (QED) is 0.701. The molecule has 0 aliphatic heterocycles. The fourth-order valence-electron chi connectivity index (χ4n) is 1.52. The van der Waals surface area contributed by atoms with Crippen LogP contribution in [0.1, 0.15) is 16.1 Å². The van der Waals surface area contributed by atoms with Crippen molar-refractivity contribution in [2.24, 2.45) is 0 Å². The van der Waals surface area contributed by atoms with Crippen molar-refractivity contribution in [3.05, 3.63) is 58.0 Å². The maximum Gasteiger partial charge on any atom is 0.275 e. The summed E-state index contributed by atoms with van der Waals surface area (Å²) in [6.07, 6.45) is 2.15. The van der Waals surface area contributed by atoms with Gasteiger partial charge in [-0.05, 0) is 18.2 Å². The van der Waals surface area contributed by atoms with Crippen LogP contribution in [0.5, 0.6) is 0 Å². The molecule has 3 N–H and O–H groups in total. The number of H-pyrrole nitrogens is 1. The van der Waals surface area contributed by atoms with Crippen LogP contribution in [0.25, 0.3) is 0 Å². The molecule has 0 bridgehead atoms. The average molecular weight is 287 g/mol. The standard InChI is InChI=1S/C14H10FN3O3/c15-10-3-4-11(9(6-10)2-1-5-19)18-14(21)12-7-17-13(20)8-16-12/h3-4,6-8,19H,5H2,(H,17,20)(H,18,21). The molecule has 1 aromatic carbocycles. The zero-order valence-electron chi connectivity index (χ0n) is 10.7. The number of nitrogens with one attached hydrogen (secondary N) is 2. The van der Waals surface area contributed by atoms with Gasteiger partial charge in [-0.1, -0.05) is 11.8 Å². The summed E-state index contributed by atoms with van der Waals surface area (Å²) in [4.78, 5) is 28.8. The Bertz CT molecular complexity index is 770. The Balaban J connectivity index is 2.28. The molecular formula is C14H10FN3O3. The van der Waals surface area contributed by atoms with Gasteiger partial charge in [0.15, 0.2) is 0 Å². The Hall–Kier alpha value is -2.98. The van der Waals surface area contributed by atoms with Gasteiger partial charge in [0.2, 0.25) is 0 Å². The minimum absolute atomic E-state index is 0.00000706. The van der Waals surface area contributed by atoms with E-state index in [0.29, 0.717) is 0 Å². The van der Waals surface area contributed by atoms with Crippen LogP contribution in [-0.4, -0.2) is 27.6 Å². The number of halogens is 1. The largest absolute Gasteiger partial charge is 0.384 e. The summed E-state index contributed by atoms with van der Waals surface area (Å²) >= 11 is 0. The predicted molar refractivity (Wildman–Crippen MR) is 73.2 cm³/mol. The Kier molecular flexibility index (Phi) is 4.43. The zero-order valence-corrected chi connectivity index (χ0v) is 10.7. The molecule has 0 saturated heterocycles. The second-order valence-electron chi connectivity index (χ2n) is 3.90. The van der Waals surface area contributed by atoms with E-state index in [4.69, 9.17) is 5.11 Å². The predicted octanol–water partition coefficient (Wildman–Crippen LogP) is 0.505. The Labute approximate surface area is 118 Å². The van der Waals surface area contributed by atoms with Gasteiger partial charge in [-0.2, -0.15) is 0 Å².